The summed E-state index contributed by atoms with van der Waals surface area (Å²) in [6, 6.07) is 5.80. The predicted octanol–water partition coefficient (Wildman–Crippen LogP) is 3.29. The Kier molecular flexibility index (Phi) is 4.35. The number of nitro groups is 1. The molecule has 0 aliphatic heterocycles. The average molecular weight is 313 g/mol. The van der Waals surface area contributed by atoms with Crippen LogP contribution in [0.15, 0.2) is 22.7 Å². The SMILES string of the molecule is CNC(CCc1ccc(Br)cc1[N+](=O)[O-])C1CC1. The van der Waals surface area contributed by atoms with Crippen LogP contribution in [0, 0.1) is 16.0 Å². The first-order valence-electron chi connectivity index (χ1n) is 6.22. The molecule has 0 amide bonds. The lowest BCUT2D eigenvalue weighted by atomic mass is 10.0. The molecule has 18 heavy (non-hydrogen) atoms. The van der Waals surface area contributed by atoms with Crippen LogP contribution in [0.25, 0.3) is 0 Å². The molecule has 1 aliphatic rings. The van der Waals surface area contributed by atoms with Gasteiger partial charge < -0.3 is 5.32 Å². The second-order valence-corrected chi connectivity index (χ2v) is 5.72. The summed E-state index contributed by atoms with van der Waals surface area (Å²) in [4.78, 5) is 10.7. The van der Waals surface area contributed by atoms with Gasteiger partial charge in [-0.2, -0.15) is 0 Å². The molecule has 0 spiro atoms. The molecule has 0 bridgehead atoms. The normalized spacial score (nSPS) is 16.6. The maximum absolute atomic E-state index is 11.0. The minimum Gasteiger partial charge on any atom is -0.317 e. The van der Waals surface area contributed by atoms with Gasteiger partial charge in [0.25, 0.3) is 5.69 Å². The minimum atomic E-state index is -0.300. The van der Waals surface area contributed by atoms with E-state index in [1.807, 2.05) is 19.2 Å². The van der Waals surface area contributed by atoms with Crippen LogP contribution < -0.4 is 5.32 Å². The van der Waals surface area contributed by atoms with Crippen molar-refractivity contribution in [2.24, 2.45) is 5.92 Å². The van der Waals surface area contributed by atoms with Crippen molar-refractivity contribution in [1.82, 2.24) is 5.32 Å². The van der Waals surface area contributed by atoms with Crippen LogP contribution in [0.5, 0.6) is 0 Å². The molecule has 0 radical (unpaired) electrons. The molecule has 1 fully saturated rings. The predicted molar refractivity (Wildman–Crippen MR) is 74.7 cm³/mol. The Bertz CT molecular complexity index is 447. The van der Waals surface area contributed by atoms with Crippen molar-refractivity contribution in [2.75, 3.05) is 7.05 Å². The van der Waals surface area contributed by atoms with Gasteiger partial charge in [-0.25, -0.2) is 0 Å². The quantitative estimate of drug-likeness (QED) is 0.648. The molecule has 1 unspecified atom stereocenters. The Hall–Kier alpha value is -0.940. The number of hydrogen-bond donors (Lipinski definition) is 1. The highest BCUT2D eigenvalue weighted by Gasteiger charge is 2.30. The van der Waals surface area contributed by atoms with E-state index < -0.39 is 0 Å². The second kappa shape index (κ2) is 5.80. The number of nitrogens with one attached hydrogen (secondary N) is 1. The van der Waals surface area contributed by atoms with E-state index in [1.165, 1.54) is 12.8 Å². The monoisotopic (exact) mass is 312 g/mol. The summed E-state index contributed by atoms with van der Waals surface area (Å²) in [5, 5.41) is 14.3. The summed E-state index contributed by atoms with van der Waals surface area (Å²) in [5.74, 6) is 0.768. The Balaban J connectivity index is 2.05. The molecule has 4 nitrogen and oxygen atoms in total. The minimum absolute atomic E-state index is 0.218. The summed E-state index contributed by atoms with van der Waals surface area (Å²) in [7, 11) is 1.97. The molecule has 0 aromatic heterocycles. The Labute approximate surface area is 115 Å². The molecule has 1 N–H and O–H groups in total. The summed E-state index contributed by atoms with van der Waals surface area (Å²) in [5.41, 5.74) is 1.04. The fraction of sp³-hybridized carbons (Fsp3) is 0.538. The van der Waals surface area contributed by atoms with E-state index in [0.29, 0.717) is 6.04 Å². The van der Waals surface area contributed by atoms with E-state index >= 15 is 0 Å². The molecule has 1 aliphatic carbocycles. The molecule has 0 heterocycles. The lowest BCUT2D eigenvalue weighted by Gasteiger charge is -2.15. The fourth-order valence-corrected chi connectivity index (χ4v) is 2.69. The largest absolute Gasteiger partial charge is 0.317 e. The van der Waals surface area contributed by atoms with Gasteiger partial charge in [0.2, 0.25) is 0 Å². The zero-order valence-electron chi connectivity index (χ0n) is 10.4. The molecular formula is C13H17BrN2O2. The van der Waals surface area contributed by atoms with Gasteiger partial charge in [0, 0.05) is 22.1 Å². The number of nitrogens with zero attached hydrogens (tertiary/aromatic N) is 1. The van der Waals surface area contributed by atoms with E-state index in [0.717, 1.165) is 28.8 Å². The number of rotatable bonds is 6. The van der Waals surface area contributed by atoms with Gasteiger partial charge in [-0.05, 0) is 44.7 Å². The van der Waals surface area contributed by atoms with Crippen molar-refractivity contribution in [2.45, 2.75) is 31.7 Å². The molecule has 1 saturated carbocycles. The summed E-state index contributed by atoms with van der Waals surface area (Å²) < 4.78 is 0.755. The van der Waals surface area contributed by atoms with Crippen molar-refractivity contribution in [3.05, 3.63) is 38.3 Å². The average Bonchev–Trinajstić information content (AvgIpc) is 3.15. The second-order valence-electron chi connectivity index (χ2n) is 4.80. The van der Waals surface area contributed by atoms with Gasteiger partial charge in [0.05, 0.1) is 4.92 Å². The van der Waals surface area contributed by atoms with Gasteiger partial charge in [-0.15, -0.1) is 0 Å². The van der Waals surface area contributed by atoms with Gasteiger partial charge in [-0.1, -0.05) is 22.0 Å². The van der Waals surface area contributed by atoms with Gasteiger partial charge in [0.1, 0.15) is 0 Å². The van der Waals surface area contributed by atoms with E-state index in [-0.39, 0.29) is 10.6 Å². The number of halogens is 1. The van der Waals surface area contributed by atoms with Gasteiger partial charge in [-0.3, -0.25) is 10.1 Å². The Morgan fingerprint density at radius 2 is 2.28 bits per heavy atom. The standard InChI is InChI=1S/C13H17BrN2O2/c1-15-12(9-2-3-9)7-5-10-4-6-11(14)8-13(10)16(17)18/h4,6,8-9,12,15H,2-3,5,7H2,1H3. The molecule has 1 atom stereocenters. The van der Waals surface area contributed by atoms with Gasteiger partial charge in [0.15, 0.2) is 0 Å². The zero-order chi connectivity index (χ0) is 13.1. The van der Waals surface area contributed by atoms with Crippen molar-refractivity contribution in [1.29, 1.82) is 0 Å². The molecule has 98 valence electrons. The molecular weight excluding hydrogens is 296 g/mol. The first-order valence-corrected chi connectivity index (χ1v) is 7.01. The highest BCUT2D eigenvalue weighted by molar-refractivity contribution is 9.10. The highest BCUT2D eigenvalue weighted by Crippen LogP contribution is 2.35. The van der Waals surface area contributed by atoms with E-state index in [1.54, 1.807) is 6.07 Å². The highest BCUT2D eigenvalue weighted by atomic mass is 79.9. The smallest absolute Gasteiger partial charge is 0.273 e. The van der Waals surface area contributed by atoms with Gasteiger partial charge >= 0.3 is 0 Å². The van der Waals surface area contributed by atoms with Crippen LogP contribution in [0.1, 0.15) is 24.8 Å². The Morgan fingerprint density at radius 3 is 2.83 bits per heavy atom. The van der Waals surface area contributed by atoms with Crippen LogP contribution in [0.3, 0.4) is 0 Å². The number of benzene rings is 1. The molecule has 5 heteroatoms. The van der Waals surface area contributed by atoms with Crippen molar-refractivity contribution >= 4 is 21.6 Å². The first kappa shape index (κ1) is 13.5. The lowest BCUT2D eigenvalue weighted by Crippen LogP contribution is -2.27. The molecule has 1 aromatic carbocycles. The van der Waals surface area contributed by atoms with E-state index in [9.17, 15) is 10.1 Å². The van der Waals surface area contributed by atoms with Crippen molar-refractivity contribution < 1.29 is 4.92 Å². The molecule has 0 saturated heterocycles. The van der Waals surface area contributed by atoms with Crippen LogP contribution in [0.4, 0.5) is 5.69 Å². The third kappa shape index (κ3) is 3.29. The Morgan fingerprint density at radius 1 is 1.56 bits per heavy atom. The molecule has 2 rings (SSSR count). The lowest BCUT2D eigenvalue weighted by molar-refractivity contribution is -0.385. The van der Waals surface area contributed by atoms with Crippen molar-refractivity contribution in [3.8, 4) is 0 Å². The number of aryl methyl sites for hydroxylation is 1. The first-order chi connectivity index (χ1) is 8.61. The number of hydrogen-bond acceptors (Lipinski definition) is 3. The zero-order valence-corrected chi connectivity index (χ0v) is 11.9. The summed E-state index contributed by atoms with van der Waals surface area (Å²) in [6.45, 7) is 0. The van der Waals surface area contributed by atoms with E-state index in [2.05, 4.69) is 21.2 Å². The van der Waals surface area contributed by atoms with Crippen LogP contribution in [0.2, 0.25) is 0 Å². The summed E-state index contributed by atoms with van der Waals surface area (Å²) >= 11 is 3.27. The van der Waals surface area contributed by atoms with Crippen molar-refractivity contribution in [3.63, 3.8) is 0 Å². The summed E-state index contributed by atoms with van der Waals surface area (Å²) in [6.07, 6.45) is 4.29. The van der Waals surface area contributed by atoms with Crippen LogP contribution in [-0.2, 0) is 6.42 Å². The third-order valence-corrected chi connectivity index (χ3v) is 4.02. The maximum Gasteiger partial charge on any atom is 0.273 e. The molecule has 1 aromatic rings. The topological polar surface area (TPSA) is 55.2 Å². The fourth-order valence-electron chi connectivity index (χ4n) is 2.34. The van der Waals surface area contributed by atoms with Crippen LogP contribution >= 0.6 is 15.9 Å². The number of nitro benzene ring substituents is 1. The third-order valence-electron chi connectivity index (χ3n) is 3.53. The maximum atomic E-state index is 11.0. The van der Waals surface area contributed by atoms with E-state index in [4.69, 9.17) is 0 Å². The van der Waals surface area contributed by atoms with Crippen LogP contribution in [-0.4, -0.2) is 18.0 Å².